The van der Waals surface area contributed by atoms with Gasteiger partial charge in [0, 0.05) is 33.0 Å². The van der Waals surface area contributed by atoms with Gasteiger partial charge in [-0.1, -0.05) is 41.9 Å². The molecule has 0 aliphatic carbocycles. The highest BCUT2D eigenvalue weighted by Crippen LogP contribution is 2.38. The number of carbonyl (C=O) groups excluding carboxylic acids is 1. The molecule has 0 unspecified atom stereocenters. The maximum absolute atomic E-state index is 12.7. The third kappa shape index (κ3) is 5.01. The number of fused-ring (bicyclic) bond motifs is 3. The Morgan fingerprint density at radius 3 is 2.34 bits per heavy atom. The second-order valence-corrected chi connectivity index (χ2v) is 9.01. The van der Waals surface area contributed by atoms with E-state index in [9.17, 15) is 4.79 Å². The summed E-state index contributed by atoms with van der Waals surface area (Å²) in [4.78, 5) is 21.1. The molecule has 38 heavy (non-hydrogen) atoms. The number of benzene rings is 3. The number of amides is 1. The van der Waals surface area contributed by atoms with Gasteiger partial charge in [-0.15, -0.1) is 0 Å². The van der Waals surface area contributed by atoms with Crippen molar-refractivity contribution in [2.45, 2.75) is 6.54 Å². The first-order valence-corrected chi connectivity index (χ1v) is 12.3. The molecule has 0 saturated carbocycles. The lowest BCUT2D eigenvalue weighted by Gasteiger charge is -2.12. The molecule has 0 atom stereocenters. The summed E-state index contributed by atoms with van der Waals surface area (Å²) in [6.07, 6.45) is 3.15. The lowest BCUT2D eigenvalue weighted by Crippen LogP contribution is -2.21. The normalized spacial score (nSPS) is 11.3. The van der Waals surface area contributed by atoms with Crippen molar-refractivity contribution in [1.29, 1.82) is 0 Å². The molecule has 5 rings (SSSR count). The van der Waals surface area contributed by atoms with Gasteiger partial charge in [-0.2, -0.15) is 0 Å². The van der Waals surface area contributed by atoms with Gasteiger partial charge in [0.05, 0.1) is 44.8 Å². The van der Waals surface area contributed by atoms with Crippen molar-refractivity contribution in [3.63, 3.8) is 0 Å². The number of methoxy groups -OCH3 is 3. The van der Waals surface area contributed by atoms with Crippen LogP contribution < -0.4 is 19.5 Å². The van der Waals surface area contributed by atoms with Gasteiger partial charge in [-0.25, -0.2) is 4.98 Å². The van der Waals surface area contributed by atoms with Crippen molar-refractivity contribution >= 4 is 45.4 Å². The van der Waals surface area contributed by atoms with Gasteiger partial charge in [0.25, 0.3) is 0 Å². The highest BCUT2D eigenvalue weighted by Gasteiger charge is 2.15. The first-order valence-electron chi connectivity index (χ1n) is 11.9. The SMILES string of the molecule is COc1cc(/C=C/C(=O)NCc2cc3c([nH]c4ccccc43)c(-c3ccc(Cl)cc3)n2)cc(OC)c1OC. The average Bonchev–Trinajstić information content (AvgIpc) is 3.33. The molecule has 0 spiro atoms. The molecule has 0 fully saturated rings. The molecule has 0 bridgehead atoms. The Balaban J connectivity index is 1.42. The van der Waals surface area contributed by atoms with E-state index in [4.69, 9.17) is 30.8 Å². The van der Waals surface area contributed by atoms with Crippen LogP contribution in [0.4, 0.5) is 0 Å². The van der Waals surface area contributed by atoms with Crippen LogP contribution in [0.2, 0.25) is 5.02 Å². The van der Waals surface area contributed by atoms with Gasteiger partial charge in [0.15, 0.2) is 11.5 Å². The minimum Gasteiger partial charge on any atom is -0.493 e. The van der Waals surface area contributed by atoms with E-state index in [1.807, 2.05) is 48.5 Å². The lowest BCUT2D eigenvalue weighted by molar-refractivity contribution is -0.116. The van der Waals surface area contributed by atoms with Crippen molar-refractivity contribution in [3.05, 3.63) is 89.1 Å². The fourth-order valence-corrected chi connectivity index (χ4v) is 4.54. The van der Waals surface area contributed by atoms with Crippen LogP contribution in [0.25, 0.3) is 39.1 Å². The summed E-state index contributed by atoms with van der Waals surface area (Å²) in [6.45, 7) is 0.258. The van der Waals surface area contributed by atoms with Gasteiger partial charge < -0.3 is 24.5 Å². The number of hydrogen-bond donors (Lipinski definition) is 2. The van der Waals surface area contributed by atoms with Crippen LogP contribution in [0.15, 0.2) is 72.8 Å². The van der Waals surface area contributed by atoms with Crippen molar-refractivity contribution in [2.75, 3.05) is 21.3 Å². The number of aromatic nitrogens is 2. The van der Waals surface area contributed by atoms with E-state index >= 15 is 0 Å². The number of rotatable bonds is 8. The average molecular weight is 528 g/mol. The zero-order valence-electron chi connectivity index (χ0n) is 21.2. The predicted octanol–water partition coefficient (Wildman–Crippen LogP) is 6.39. The summed E-state index contributed by atoms with van der Waals surface area (Å²) < 4.78 is 16.1. The second kappa shape index (κ2) is 10.9. The first kappa shape index (κ1) is 25.2. The summed E-state index contributed by atoms with van der Waals surface area (Å²) in [5.41, 5.74) is 5.16. The maximum atomic E-state index is 12.7. The van der Waals surface area contributed by atoms with Crippen molar-refractivity contribution < 1.29 is 19.0 Å². The summed E-state index contributed by atoms with van der Waals surface area (Å²) in [7, 11) is 4.64. The second-order valence-electron chi connectivity index (χ2n) is 8.57. The Morgan fingerprint density at radius 2 is 1.66 bits per heavy atom. The van der Waals surface area contributed by atoms with Crippen LogP contribution in [0.1, 0.15) is 11.3 Å². The van der Waals surface area contributed by atoms with E-state index in [-0.39, 0.29) is 12.5 Å². The third-order valence-corrected chi connectivity index (χ3v) is 6.48. The molecule has 192 valence electrons. The molecule has 0 saturated heterocycles. The maximum Gasteiger partial charge on any atom is 0.244 e. The number of para-hydroxylation sites is 1. The Hall–Kier alpha value is -4.49. The predicted molar refractivity (Wildman–Crippen MR) is 151 cm³/mol. The van der Waals surface area contributed by atoms with Crippen LogP contribution in [0.3, 0.4) is 0 Å². The van der Waals surface area contributed by atoms with Gasteiger partial charge in [0.1, 0.15) is 0 Å². The largest absolute Gasteiger partial charge is 0.493 e. The quantitative estimate of drug-likeness (QED) is 0.228. The minimum atomic E-state index is -0.257. The van der Waals surface area contributed by atoms with Crippen LogP contribution in [-0.2, 0) is 11.3 Å². The molecule has 2 heterocycles. The van der Waals surface area contributed by atoms with Gasteiger partial charge in [0.2, 0.25) is 11.7 Å². The molecule has 0 aliphatic heterocycles. The summed E-state index contributed by atoms with van der Waals surface area (Å²) >= 11 is 6.12. The van der Waals surface area contributed by atoms with E-state index in [0.29, 0.717) is 22.3 Å². The van der Waals surface area contributed by atoms with Crippen molar-refractivity contribution in [3.8, 4) is 28.5 Å². The Bertz CT molecular complexity index is 1630. The standard InChI is InChI=1S/C30H26ClN3O4/c1-36-25-14-18(15-26(37-2)30(25)38-3)8-13-27(35)32-17-21-16-23-22-6-4-5-7-24(22)34-29(23)28(33-21)19-9-11-20(31)12-10-19/h4-16,34H,17H2,1-3H3,(H,32,35)/b13-8+. The topological polar surface area (TPSA) is 85.5 Å². The van der Waals surface area contributed by atoms with Crippen molar-refractivity contribution in [1.82, 2.24) is 15.3 Å². The Kier molecular flexibility index (Phi) is 7.20. The zero-order valence-corrected chi connectivity index (χ0v) is 21.9. The number of hydrogen-bond acceptors (Lipinski definition) is 5. The van der Waals surface area contributed by atoms with E-state index in [1.165, 1.54) is 6.08 Å². The monoisotopic (exact) mass is 527 g/mol. The Labute approximate surface area is 225 Å². The summed E-state index contributed by atoms with van der Waals surface area (Å²) in [6, 6.07) is 21.2. The van der Waals surface area contributed by atoms with Crippen LogP contribution in [0, 0.1) is 0 Å². The first-order chi connectivity index (χ1) is 18.5. The highest BCUT2D eigenvalue weighted by atomic mass is 35.5. The van der Waals surface area contributed by atoms with Crippen molar-refractivity contribution in [2.24, 2.45) is 0 Å². The molecule has 8 heteroatoms. The molecule has 1 amide bonds. The van der Waals surface area contributed by atoms with E-state index < -0.39 is 0 Å². The number of nitrogens with zero attached hydrogens (tertiary/aromatic N) is 1. The fraction of sp³-hybridized carbons (Fsp3) is 0.133. The van der Waals surface area contributed by atoms with Gasteiger partial charge in [-0.3, -0.25) is 4.79 Å². The zero-order chi connectivity index (χ0) is 26.6. The smallest absolute Gasteiger partial charge is 0.244 e. The number of nitrogens with one attached hydrogen (secondary N) is 2. The number of aromatic amines is 1. The minimum absolute atomic E-state index is 0.257. The number of ether oxygens (including phenoxy) is 3. The number of H-pyrrole nitrogens is 1. The van der Waals surface area contributed by atoms with Crippen LogP contribution in [0.5, 0.6) is 17.2 Å². The number of halogens is 1. The molecule has 7 nitrogen and oxygen atoms in total. The molecule has 0 radical (unpaired) electrons. The molecular formula is C30H26ClN3O4. The van der Waals surface area contributed by atoms with Crippen LogP contribution in [-0.4, -0.2) is 37.2 Å². The molecule has 3 aromatic carbocycles. The Morgan fingerprint density at radius 1 is 0.947 bits per heavy atom. The third-order valence-electron chi connectivity index (χ3n) is 6.23. The van der Waals surface area contributed by atoms with E-state index in [2.05, 4.69) is 16.4 Å². The van der Waals surface area contributed by atoms with Gasteiger partial charge >= 0.3 is 0 Å². The highest BCUT2D eigenvalue weighted by molar-refractivity contribution is 6.30. The summed E-state index contributed by atoms with van der Waals surface area (Å²) in [5, 5.41) is 5.72. The molecule has 2 aromatic heterocycles. The van der Waals surface area contributed by atoms with E-state index in [0.717, 1.165) is 44.3 Å². The molecule has 5 aromatic rings. The number of pyridine rings is 1. The molecule has 2 N–H and O–H groups in total. The van der Waals surface area contributed by atoms with E-state index in [1.54, 1.807) is 39.5 Å². The fourth-order valence-electron chi connectivity index (χ4n) is 4.41. The summed E-state index contributed by atoms with van der Waals surface area (Å²) in [5.74, 6) is 1.26. The number of carbonyl (C=O) groups is 1. The lowest BCUT2D eigenvalue weighted by atomic mass is 10.1. The molecular weight excluding hydrogens is 502 g/mol. The molecule has 0 aliphatic rings. The van der Waals surface area contributed by atoms with Crippen LogP contribution >= 0.6 is 11.6 Å². The van der Waals surface area contributed by atoms with Gasteiger partial charge in [-0.05, 0) is 48.0 Å².